The molecule has 0 saturated carbocycles. The fraction of sp³-hybridized carbons (Fsp3) is 1.00. The van der Waals surface area contributed by atoms with Crippen LogP contribution in [-0.4, -0.2) is 16.1 Å². The quantitative estimate of drug-likeness (QED) is 0.686. The normalized spacial score (nSPS) is 23.3. The zero-order chi connectivity index (χ0) is 9.73. The van der Waals surface area contributed by atoms with Gasteiger partial charge in [0.1, 0.15) is 0 Å². The Morgan fingerprint density at radius 3 is 2.00 bits per heavy atom. The summed E-state index contributed by atoms with van der Waals surface area (Å²) >= 11 is 4.41. The molecule has 0 bridgehead atoms. The summed E-state index contributed by atoms with van der Waals surface area (Å²) in [6.45, 7) is 7.00. The van der Waals surface area contributed by atoms with Crippen LogP contribution in [0, 0.1) is 5.41 Å². The summed E-state index contributed by atoms with van der Waals surface area (Å²) in [5.41, 5.74) is 0.666. The van der Waals surface area contributed by atoms with Crippen LogP contribution in [0.15, 0.2) is 0 Å². The highest BCUT2D eigenvalue weighted by atomic mass is 32.2. The predicted molar refractivity (Wildman–Crippen MR) is 66.6 cm³/mol. The molecule has 0 amide bonds. The van der Waals surface area contributed by atoms with Gasteiger partial charge < -0.3 is 0 Å². The molecule has 0 aliphatic carbocycles. The summed E-state index contributed by atoms with van der Waals surface area (Å²) in [5, 5.41) is 0. The highest BCUT2D eigenvalue weighted by molar-refractivity contribution is 8.17. The maximum absolute atomic E-state index is 2.35. The lowest BCUT2D eigenvalue weighted by atomic mass is 9.87. The fourth-order valence-electron chi connectivity index (χ4n) is 1.69. The molecule has 78 valence electrons. The maximum Gasteiger partial charge on any atom is 0.0502 e. The molecule has 1 rings (SSSR count). The molecule has 0 N–H and O–H groups in total. The minimum absolute atomic E-state index is 0.666. The first-order valence-electron chi connectivity index (χ1n) is 5.49. The van der Waals surface area contributed by atoms with Gasteiger partial charge in [-0.2, -0.15) is 0 Å². The third-order valence-corrected chi connectivity index (χ3v) is 6.76. The smallest absolute Gasteiger partial charge is 0.0502 e. The Morgan fingerprint density at radius 2 is 1.62 bits per heavy atom. The van der Waals surface area contributed by atoms with Crippen molar-refractivity contribution in [1.29, 1.82) is 0 Å². The monoisotopic (exact) mass is 218 g/mol. The van der Waals surface area contributed by atoms with Crippen LogP contribution in [0.1, 0.15) is 46.5 Å². The second kappa shape index (κ2) is 5.55. The summed E-state index contributed by atoms with van der Waals surface area (Å²) < 4.78 is 0.899. The topological polar surface area (TPSA) is 0 Å². The van der Waals surface area contributed by atoms with E-state index in [0.29, 0.717) is 5.41 Å². The van der Waals surface area contributed by atoms with Crippen LogP contribution in [0.2, 0.25) is 0 Å². The highest BCUT2D eigenvalue weighted by Gasteiger charge is 2.32. The molecule has 0 aromatic heterocycles. The van der Waals surface area contributed by atoms with Crippen LogP contribution in [0.4, 0.5) is 0 Å². The minimum Gasteiger partial charge on any atom is -0.147 e. The average Bonchev–Trinajstić information content (AvgIpc) is 2.20. The van der Waals surface area contributed by atoms with Crippen LogP contribution in [0.5, 0.6) is 0 Å². The van der Waals surface area contributed by atoms with Gasteiger partial charge in [0.15, 0.2) is 0 Å². The van der Waals surface area contributed by atoms with Crippen LogP contribution in [0.3, 0.4) is 0 Å². The Kier molecular flexibility index (Phi) is 5.03. The van der Waals surface area contributed by atoms with Gasteiger partial charge in [0.2, 0.25) is 0 Å². The van der Waals surface area contributed by atoms with Crippen LogP contribution in [0.25, 0.3) is 0 Å². The second-order valence-electron chi connectivity index (χ2n) is 4.05. The Hall–Kier alpha value is 0.700. The molecule has 0 spiro atoms. The van der Waals surface area contributed by atoms with Crippen molar-refractivity contribution in [2.45, 2.75) is 51.0 Å². The zero-order valence-electron chi connectivity index (χ0n) is 9.14. The molecule has 0 atom stereocenters. The van der Waals surface area contributed by atoms with Gasteiger partial charge in [0.25, 0.3) is 0 Å². The van der Waals surface area contributed by atoms with E-state index in [1.165, 1.54) is 37.2 Å². The van der Waals surface area contributed by atoms with Gasteiger partial charge in [-0.1, -0.05) is 27.2 Å². The van der Waals surface area contributed by atoms with Gasteiger partial charge in [-0.3, -0.25) is 0 Å². The Balaban J connectivity index is 2.36. The molecule has 1 aliphatic heterocycles. The summed E-state index contributed by atoms with van der Waals surface area (Å²) in [4.78, 5) is 0. The van der Waals surface area contributed by atoms with E-state index in [-0.39, 0.29) is 0 Å². The average molecular weight is 218 g/mol. The third-order valence-electron chi connectivity index (χ3n) is 3.18. The molecule has 0 aromatic carbocycles. The fourth-order valence-corrected chi connectivity index (χ4v) is 5.52. The van der Waals surface area contributed by atoms with Crippen molar-refractivity contribution in [2.75, 3.05) is 11.5 Å². The zero-order valence-corrected chi connectivity index (χ0v) is 10.8. The van der Waals surface area contributed by atoms with Crippen molar-refractivity contribution in [3.63, 3.8) is 0 Å². The molecular formula is C11H22S2. The van der Waals surface area contributed by atoms with E-state index in [4.69, 9.17) is 0 Å². The first-order chi connectivity index (χ1) is 6.26. The van der Waals surface area contributed by atoms with Gasteiger partial charge >= 0.3 is 0 Å². The van der Waals surface area contributed by atoms with Crippen molar-refractivity contribution in [3.05, 3.63) is 0 Å². The van der Waals surface area contributed by atoms with Gasteiger partial charge in [0.05, 0.1) is 4.58 Å². The highest BCUT2D eigenvalue weighted by Crippen LogP contribution is 2.45. The molecule has 13 heavy (non-hydrogen) atoms. The number of rotatable bonds is 4. The first-order valence-corrected chi connectivity index (χ1v) is 7.59. The molecule has 1 saturated heterocycles. The standard InChI is InChI=1S/C11H22S2/c1-4-7-10-12-8-11(5-2,6-3)9-13-10/h10H,4-9H2,1-3H3. The molecule has 0 unspecified atom stereocenters. The Bertz CT molecular complexity index is 131. The van der Waals surface area contributed by atoms with Crippen molar-refractivity contribution < 1.29 is 0 Å². The molecule has 1 aliphatic rings. The summed E-state index contributed by atoms with van der Waals surface area (Å²) in [7, 11) is 0. The predicted octanol–water partition coefficient (Wildman–Crippen LogP) is 4.40. The molecule has 1 fully saturated rings. The van der Waals surface area contributed by atoms with Crippen molar-refractivity contribution in [2.24, 2.45) is 5.41 Å². The minimum atomic E-state index is 0.666. The molecule has 2 heteroatoms. The summed E-state index contributed by atoms with van der Waals surface area (Å²) in [5.74, 6) is 2.80. The SMILES string of the molecule is CCCC1SCC(CC)(CC)CS1. The molecule has 0 aromatic rings. The maximum atomic E-state index is 2.35. The van der Waals surface area contributed by atoms with E-state index in [2.05, 4.69) is 44.3 Å². The molecular weight excluding hydrogens is 196 g/mol. The van der Waals surface area contributed by atoms with Crippen molar-refractivity contribution in [3.8, 4) is 0 Å². The van der Waals surface area contributed by atoms with E-state index in [0.717, 1.165) is 4.58 Å². The number of thioether (sulfide) groups is 2. The van der Waals surface area contributed by atoms with E-state index < -0.39 is 0 Å². The van der Waals surface area contributed by atoms with Crippen molar-refractivity contribution in [1.82, 2.24) is 0 Å². The second-order valence-corrected chi connectivity index (χ2v) is 6.73. The van der Waals surface area contributed by atoms with Crippen molar-refractivity contribution >= 4 is 23.5 Å². The van der Waals surface area contributed by atoms with Crippen LogP contribution in [-0.2, 0) is 0 Å². The summed E-state index contributed by atoms with van der Waals surface area (Å²) in [6, 6.07) is 0. The lowest BCUT2D eigenvalue weighted by molar-refractivity contribution is 0.354. The van der Waals surface area contributed by atoms with Gasteiger partial charge in [0, 0.05) is 11.5 Å². The lowest BCUT2D eigenvalue weighted by Crippen LogP contribution is -2.30. The Morgan fingerprint density at radius 1 is 1.08 bits per heavy atom. The van der Waals surface area contributed by atoms with Crippen LogP contribution >= 0.6 is 23.5 Å². The molecule has 1 heterocycles. The van der Waals surface area contributed by atoms with E-state index >= 15 is 0 Å². The molecule has 0 nitrogen and oxygen atoms in total. The Labute approximate surface area is 91.6 Å². The molecule has 0 radical (unpaired) electrons. The largest absolute Gasteiger partial charge is 0.147 e. The number of hydrogen-bond donors (Lipinski definition) is 0. The van der Waals surface area contributed by atoms with Gasteiger partial charge in [-0.15, -0.1) is 23.5 Å². The first kappa shape index (κ1) is 11.8. The van der Waals surface area contributed by atoms with E-state index in [9.17, 15) is 0 Å². The van der Waals surface area contributed by atoms with Crippen LogP contribution < -0.4 is 0 Å². The third kappa shape index (κ3) is 3.09. The lowest BCUT2D eigenvalue weighted by Gasteiger charge is -2.38. The number of hydrogen-bond acceptors (Lipinski definition) is 2. The van der Waals surface area contributed by atoms with E-state index in [1.807, 2.05) is 0 Å². The van der Waals surface area contributed by atoms with Gasteiger partial charge in [-0.05, 0) is 24.7 Å². The summed E-state index contributed by atoms with van der Waals surface area (Å²) in [6.07, 6.45) is 5.47. The van der Waals surface area contributed by atoms with E-state index in [1.54, 1.807) is 0 Å². The van der Waals surface area contributed by atoms with Gasteiger partial charge in [-0.25, -0.2) is 0 Å².